The van der Waals surface area contributed by atoms with Gasteiger partial charge in [0.1, 0.15) is 0 Å². The van der Waals surface area contributed by atoms with E-state index < -0.39 is 10.0 Å². The van der Waals surface area contributed by atoms with Gasteiger partial charge < -0.3 is 5.32 Å². The van der Waals surface area contributed by atoms with E-state index in [0.717, 1.165) is 5.69 Å². The number of carbonyl (C=O) groups excluding carboxylic acids is 1. The van der Waals surface area contributed by atoms with Gasteiger partial charge in [0.15, 0.2) is 5.82 Å². The van der Waals surface area contributed by atoms with Crippen LogP contribution in [0.1, 0.15) is 23.0 Å². The fraction of sp³-hybridized carbons (Fsp3) is 0.167. The largest absolute Gasteiger partial charge is 0.305 e. The fourth-order valence-electron chi connectivity index (χ4n) is 2.42. The smallest absolute Gasteiger partial charge is 0.256 e. The number of benzene rings is 1. The lowest BCUT2D eigenvalue weighted by Gasteiger charge is -2.06. The van der Waals surface area contributed by atoms with E-state index in [1.54, 1.807) is 30.1 Å². The van der Waals surface area contributed by atoms with E-state index in [2.05, 4.69) is 20.1 Å². The molecule has 0 aliphatic heterocycles. The molecule has 3 aromatic rings. The van der Waals surface area contributed by atoms with Crippen LogP contribution in [0, 0.1) is 0 Å². The first kappa shape index (κ1) is 18.7. The molecule has 0 atom stereocenters. The molecule has 9 heteroatoms. The zero-order chi connectivity index (χ0) is 19.3. The number of nitrogens with one attached hydrogen (secondary N) is 2. The number of carbonyl (C=O) groups is 1. The maximum atomic E-state index is 12.3. The Kier molecular flexibility index (Phi) is 5.63. The standard InChI is InChI=1S/C18H19N5O3S/c1-2-20-27(25,26)16-8-6-14(7-9-16)18(24)21-17-10-12-23(22-17)13-15-5-3-4-11-19-15/h3-12,20H,2,13H2,1H3,(H,21,22,24). The summed E-state index contributed by atoms with van der Waals surface area (Å²) in [5.41, 5.74) is 1.20. The number of pyridine rings is 1. The fourth-order valence-corrected chi connectivity index (χ4v) is 3.46. The topological polar surface area (TPSA) is 106 Å². The molecule has 3 rings (SSSR count). The molecule has 0 saturated heterocycles. The van der Waals surface area contributed by atoms with Crippen molar-refractivity contribution in [2.24, 2.45) is 0 Å². The Bertz CT molecular complexity index is 1010. The van der Waals surface area contributed by atoms with Gasteiger partial charge in [0.05, 0.1) is 17.1 Å². The number of hydrogen-bond acceptors (Lipinski definition) is 5. The Hall–Kier alpha value is -3.04. The van der Waals surface area contributed by atoms with Gasteiger partial charge in [-0.3, -0.25) is 14.5 Å². The first-order valence-corrected chi connectivity index (χ1v) is 9.80. The summed E-state index contributed by atoms with van der Waals surface area (Å²) >= 11 is 0. The summed E-state index contributed by atoms with van der Waals surface area (Å²) in [6.45, 7) is 2.49. The molecule has 0 bridgehead atoms. The third-order valence-electron chi connectivity index (χ3n) is 3.69. The highest BCUT2D eigenvalue weighted by Gasteiger charge is 2.14. The van der Waals surface area contributed by atoms with Crippen molar-refractivity contribution in [1.82, 2.24) is 19.5 Å². The number of amides is 1. The van der Waals surface area contributed by atoms with Crippen LogP contribution in [0.3, 0.4) is 0 Å². The van der Waals surface area contributed by atoms with Crippen molar-refractivity contribution in [3.63, 3.8) is 0 Å². The zero-order valence-electron chi connectivity index (χ0n) is 14.7. The molecular formula is C18H19N5O3S. The number of sulfonamides is 1. The summed E-state index contributed by atoms with van der Waals surface area (Å²) in [7, 11) is -3.54. The zero-order valence-corrected chi connectivity index (χ0v) is 15.5. The normalized spacial score (nSPS) is 11.3. The SMILES string of the molecule is CCNS(=O)(=O)c1ccc(C(=O)Nc2ccn(Cc3ccccn3)n2)cc1. The van der Waals surface area contributed by atoms with Crippen molar-refractivity contribution in [2.45, 2.75) is 18.4 Å². The van der Waals surface area contributed by atoms with E-state index in [-0.39, 0.29) is 10.8 Å². The van der Waals surface area contributed by atoms with Crippen LogP contribution in [0.4, 0.5) is 5.82 Å². The first-order valence-electron chi connectivity index (χ1n) is 8.32. The molecular weight excluding hydrogens is 366 g/mol. The molecule has 1 amide bonds. The van der Waals surface area contributed by atoms with Gasteiger partial charge in [-0.25, -0.2) is 13.1 Å². The third-order valence-corrected chi connectivity index (χ3v) is 5.26. The average Bonchev–Trinajstić information content (AvgIpc) is 3.09. The van der Waals surface area contributed by atoms with Gasteiger partial charge in [-0.15, -0.1) is 0 Å². The van der Waals surface area contributed by atoms with E-state index in [9.17, 15) is 13.2 Å². The number of nitrogens with zero attached hydrogens (tertiary/aromatic N) is 3. The number of hydrogen-bond donors (Lipinski definition) is 2. The van der Waals surface area contributed by atoms with E-state index in [0.29, 0.717) is 24.5 Å². The highest BCUT2D eigenvalue weighted by molar-refractivity contribution is 7.89. The summed E-state index contributed by atoms with van der Waals surface area (Å²) < 4.78 is 27.9. The molecule has 140 valence electrons. The molecule has 0 spiro atoms. The van der Waals surface area contributed by atoms with Crippen LogP contribution in [-0.2, 0) is 16.6 Å². The van der Waals surface area contributed by atoms with Crippen LogP contribution >= 0.6 is 0 Å². The van der Waals surface area contributed by atoms with Crippen LogP contribution in [0.5, 0.6) is 0 Å². The number of anilines is 1. The van der Waals surface area contributed by atoms with E-state index in [1.165, 1.54) is 24.3 Å². The van der Waals surface area contributed by atoms with Crippen LogP contribution in [0.25, 0.3) is 0 Å². The summed E-state index contributed by atoms with van der Waals surface area (Å²) in [5.74, 6) is 0.0331. The van der Waals surface area contributed by atoms with E-state index in [4.69, 9.17) is 0 Å². The van der Waals surface area contributed by atoms with E-state index >= 15 is 0 Å². The Morgan fingerprint density at radius 2 is 1.89 bits per heavy atom. The molecule has 2 heterocycles. The molecule has 8 nitrogen and oxygen atoms in total. The molecule has 2 N–H and O–H groups in total. The monoisotopic (exact) mass is 385 g/mol. The predicted molar refractivity (Wildman–Crippen MR) is 101 cm³/mol. The maximum Gasteiger partial charge on any atom is 0.256 e. The molecule has 0 radical (unpaired) electrons. The second-order valence-electron chi connectivity index (χ2n) is 5.70. The van der Waals surface area contributed by atoms with Crippen molar-refractivity contribution in [3.8, 4) is 0 Å². The van der Waals surface area contributed by atoms with Crippen molar-refractivity contribution in [1.29, 1.82) is 0 Å². The second-order valence-corrected chi connectivity index (χ2v) is 7.47. The Labute approximate surface area is 157 Å². The Balaban J connectivity index is 1.65. The summed E-state index contributed by atoms with van der Waals surface area (Å²) in [5, 5.41) is 6.98. The highest BCUT2D eigenvalue weighted by Crippen LogP contribution is 2.12. The minimum absolute atomic E-state index is 0.112. The van der Waals surface area contributed by atoms with Crippen LogP contribution in [0.15, 0.2) is 65.8 Å². The second kappa shape index (κ2) is 8.11. The van der Waals surface area contributed by atoms with Crippen LogP contribution < -0.4 is 10.0 Å². The lowest BCUT2D eigenvalue weighted by molar-refractivity contribution is 0.102. The molecule has 1 aromatic carbocycles. The molecule has 0 aliphatic carbocycles. The van der Waals surface area contributed by atoms with Crippen LogP contribution in [0.2, 0.25) is 0 Å². The Morgan fingerprint density at radius 3 is 2.56 bits per heavy atom. The summed E-state index contributed by atoms with van der Waals surface area (Å²) in [4.78, 5) is 16.7. The quantitative estimate of drug-likeness (QED) is 0.646. The maximum absolute atomic E-state index is 12.3. The first-order chi connectivity index (χ1) is 13.0. The third kappa shape index (κ3) is 4.78. The van der Waals surface area contributed by atoms with Crippen molar-refractivity contribution in [2.75, 3.05) is 11.9 Å². The van der Waals surface area contributed by atoms with Crippen molar-refractivity contribution in [3.05, 3.63) is 72.2 Å². The van der Waals surface area contributed by atoms with Crippen molar-refractivity contribution >= 4 is 21.7 Å². The average molecular weight is 385 g/mol. The molecule has 2 aromatic heterocycles. The van der Waals surface area contributed by atoms with Crippen molar-refractivity contribution < 1.29 is 13.2 Å². The molecule has 0 aliphatic rings. The molecule has 0 saturated carbocycles. The minimum Gasteiger partial charge on any atom is -0.305 e. The number of rotatable bonds is 7. The van der Waals surface area contributed by atoms with Gasteiger partial charge >= 0.3 is 0 Å². The molecule has 0 unspecified atom stereocenters. The van der Waals surface area contributed by atoms with Gasteiger partial charge in [-0.2, -0.15) is 5.10 Å². The lowest BCUT2D eigenvalue weighted by atomic mass is 10.2. The van der Waals surface area contributed by atoms with E-state index in [1.807, 2.05) is 18.2 Å². The van der Waals surface area contributed by atoms with Gasteiger partial charge in [0.2, 0.25) is 10.0 Å². The molecule has 27 heavy (non-hydrogen) atoms. The van der Waals surface area contributed by atoms with Gasteiger partial charge in [-0.1, -0.05) is 13.0 Å². The van der Waals surface area contributed by atoms with Gasteiger partial charge in [-0.05, 0) is 36.4 Å². The Morgan fingerprint density at radius 1 is 1.11 bits per heavy atom. The van der Waals surface area contributed by atoms with Gasteiger partial charge in [0, 0.05) is 30.6 Å². The summed E-state index contributed by atoms with van der Waals surface area (Å²) in [6, 6.07) is 13.0. The predicted octanol–water partition coefficient (Wildman–Crippen LogP) is 1.88. The minimum atomic E-state index is -3.54. The lowest BCUT2D eigenvalue weighted by Crippen LogP contribution is -2.23. The summed E-state index contributed by atoms with van der Waals surface area (Å²) in [6.07, 6.45) is 3.46. The van der Waals surface area contributed by atoms with Crippen LogP contribution in [-0.4, -0.2) is 35.6 Å². The number of aromatic nitrogens is 3. The highest BCUT2D eigenvalue weighted by atomic mass is 32.2. The van der Waals surface area contributed by atoms with Gasteiger partial charge in [0.25, 0.3) is 5.91 Å². The molecule has 0 fully saturated rings.